The minimum atomic E-state index is 0.124. The second-order valence-electron chi connectivity index (χ2n) is 6.23. The molecule has 0 radical (unpaired) electrons. The third-order valence-electron chi connectivity index (χ3n) is 4.18. The Morgan fingerprint density at radius 3 is 2.18 bits per heavy atom. The summed E-state index contributed by atoms with van der Waals surface area (Å²) in [6.07, 6.45) is 8.26. The average Bonchev–Trinajstić information content (AvgIpc) is 2.54. The number of rotatable bonds is 13. The van der Waals surface area contributed by atoms with Crippen LogP contribution in [0.5, 0.6) is 0 Å². The van der Waals surface area contributed by atoms with Crippen LogP contribution in [0.1, 0.15) is 65.7 Å². The van der Waals surface area contributed by atoms with Gasteiger partial charge >= 0.3 is 0 Å². The molecule has 1 N–H and O–H groups in total. The maximum atomic E-state index is 6.17. The number of unbranched alkanes of at least 4 members (excludes halogenated alkanes) is 3. The number of nitrogens with one attached hydrogen (secondary N) is 1. The molecule has 1 aliphatic heterocycles. The molecule has 1 rings (SSSR count). The van der Waals surface area contributed by atoms with E-state index in [1.54, 1.807) is 0 Å². The summed E-state index contributed by atoms with van der Waals surface area (Å²) in [5.41, 5.74) is 0. The van der Waals surface area contributed by atoms with Crippen LogP contribution in [0.25, 0.3) is 0 Å². The Hall–Kier alpha value is -0.160. The molecule has 0 bridgehead atoms. The van der Waals surface area contributed by atoms with E-state index in [0.717, 1.165) is 58.7 Å². The van der Waals surface area contributed by atoms with E-state index in [2.05, 4.69) is 26.1 Å². The molecule has 1 heterocycles. The molecule has 0 aliphatic carbocycles. The fraction of sp³-hybridized carbons (Fsp3) is 1.00. The van der Waals surface area contributed by atoms with Crippen LogP contribution < -0.4 is 5.32 Å². The number of hydrogen-bond donors (Lipinski definition) is 1. The van der Waals surface area contributed by atoms with E-state index >= 15 is 0 Å². The predicted molar refractivity (Wildman–Crippen MR) is 91.4 cm³/mol. The fourth-order valence-electron chi connectivity index (χ4n) is 2.71. The van der Waals surface area contributed by atoms with Gasteiger partial charge in [-0.2, -0.15) is 0 Å². The third kappa shape index (κ3) is 7.91. The van der Waals surface area contributed by atoms with Gasteiger partial charge in [0, 0.05) is 19.8 Å². The largest absolute Gasteiger partial charge is 0.380 e. The molecule has 132 valence electrons. The van der Waals surface area contributed by atoms with E-state index in [0.29, 0.717) is 0 Å². The van der Waals surface area contributed by atoms with E-state index in [1.807, 2.05) is 0 Å². The zero-order valence-corrected chi connectivity index (χ0v) is 14.9. The molecule has 0 aromatic rings. The lowest BCUT2D eigenvalue weighted by Crippen LogP contribution is -2.56. The molecule has 3 atom stereocenters. The number of ether oxygens (including phenoxy) is 3. The molecule has 0 spiro atoms. The second kappa shape index (κ2) is 13.3. The van der Waals surface area contributed by atoms with Crippen molar-refractivity contribution in [2.45, 2.75) is 84.0 Å². The first-order valence-corrected chi connectivity index (χ1v) is 9.37. The van der Waals surface area contributed by atoms with Crippen molar-refractivity contribution >= 4 is 0 Å². The highest BCUT2D eigenvalue weighted by molar-refractivity contribution is 4.89. The zero-order valence-electron chi connectivity index (χ0n) is 14.9. The van der Waals surface area contributed by atoms with Gasteiger partial charge in [0.15, 0.2) is 0 Å². The van der Waals surface area contributed by atoms with Crippen LogP contribution >= 0.6 is 0 Å². The third-order valence-corrected chi connectivity index (χ3v) is 4.18. The molecule has 0 amide bonds. The lowest BCUT2D eigenvalue weighted by atomic mass is 9.98. The molecule has 0 saturated carbocycles. The maximum absolute atomic E-state index is 6.17. The van der Waals surface area contributed by atoms with Crippen molar-refractivity contribution in [3.05, 3.63) is 0 Å². The van der Waals surface area contributed by atoms with E-state index in [-0.39, 0.29) is 18.2 Å². The zero-order chi connectivity index (χ0) is 16.0. The van der Waals surface area contributed by atoms with E-state index < -0.39 is 0 Å². The Morgan fingerprint density at radius 1 is 0.864 bits per heavy atom. The van der Waals surface area contributed by atoms with Crippen LogP contribution in [-0.4, -0.2) is 51.2 Å². The van der Waals surface area contributed by atoms with E-state index in [1.165, 1.54) is 19.3 Å². The highest BCUT2D eigenvalue weighted by Crippen LogP contribution is 2.19. The fourth-order valence-corrected chi connectivity index (χ4v) is 2.71. The van der Waals surface area contributed by atoms with Gasteiger partial charge in [0.1, 0.15) is 6.10 Å². The van der Waals surface area contributed by atoms with Crippen LogP contribution in [0.15, 0.2) is 0 Å². The Morgan fingerprint density at radius 2 is 1.50 bits per heavy atom. The lowest BCUT2D eigenvalue weighted by Gasteiger charge is -2.38. The smallest absolute Gasteiger partial charge is 0.101 e. The molecule has 1 aliphatic rings. The Labute approximate surface area is 137 Å². The standard InChI is InChI=1S/C18H37NO3/c1-4-7-12-20-15-16-18(22-14-9-6-3)17(10-11-19-16)21-13-8-5-2/h16-19H,4-15H2,1-3H3/t16?,17-,18-/m1/s1. The predicted octanol–water partition coefficient (Wildman–Crippen LogP) is 3.54. The Kier molecular flexibility index (Phi) is 12.0. The second-order valence-corrected chi connectivity index (χ2v) is 6.23. The molecule has 22 heavy (non-hydrogen) atoms. The lowest BCUT2D eigenvalue weighted by molar-refractivity contribution is -0.115. The van der Waals surface area contributed by atoms with Crippen LogP contribution in [0, 0.1) is 0 Å². The van der Waals surface area contributed by atoms with Crippen molar-refractivity contribution in [2.75, 3.05) is 33.0 Å². The van der Waals surface area contributed by atoms with Gasteiger partial charge in [-0.15, -0.1) is 0 Å². The van der Waals surface area contributed by atoms with Gasteiger partial charge in [-0.25, -0.2) is 0 Å². The molecule has 1 fully saturated rings. The first-order valence-electron chi connectivity index (χ1n) is 9.37. The SMILES string of the molecule is CCCCOCC1NCC[C@@H](OCCCC)[C@@H]1OCCCC. The van der Waals surface area contributed by atoms with Gasteiger partial charge in [0.05, 0.1) is 18.8 Å². The van der Waals surface area contributed by atoms with Crippen molar-refractivity contribution in [2.24, 2.45) is 0 Å². The molecule has 4 heteroatoms. The van der Waals surface area contributed by atoms with Crippen LogP contribution in [-0.2, 0) is 14.2 Å². The van der Waals surface area contributed by atoms with Crippen LogP contribution in [0.3, 0.4) is 0 Å². The van der Waals surface area contributed by atoms with Gasteiger partial charge < -0.3 is 19.5 Å². The highest BCUT2D eigenvalue weighted by atomic mass is 16.5. The summed E-state index contributed by atoms with van der Waals surface area (Å²) in [5, 5.41) is 3.56. The summed E-state index contributed by atoms with van der Waals surface area (Å²) in [5.74, 6) is 0. The topological polar surface area (TPSA) is 39.7 Å². The summed E-state index contributed by atoms with van der Waals surface area (Å²) in [6.45, 7) is 10.8. The van der Waals surface area contributed by atoms with Gasteiger partial charge in [0.25, 0.3) is 0 Å². The van der Waals surface area contributed by atoms with Gasteiger partial charge in [-0.1, -0.05) is 40.0 Å². The molecular weight excluding hydrogens is 278 g/mol. The Balaban J connectivity index is 2.45. The highest BCUT2D eigenvalue weighted by Gasteiger charge is 2.34. The summed E-state index contributed by atoms with van der Waals surface area (Å²) in [6, 6.07) is 0.258. The molecule has 1 saturated heterocycles. The van der Waals surface area contributed by atoms with Gasteiger partial charge in [-0.05, 0) is 32.2 Å². The van der Waals surface area contributed by atoms with Crippen LogP contribution in [0.2, 0.25) is 0 Å². The van der Waals surface area contributed by atoms with Crippen molar-refractivity contribution in [3.63, 3.8) is 0 Å². The summed E-state index contributed by atoms with van der Waals surface area (Å²) >= 11 is 0. The molecule has 0 aromatic heterocycles. The summed E-state index contributed by atoms with van der Waals surface area (Å²) in [7, 11) is 0. The molecule has 1 unspecified atom stereocenters. The Bertz CT molecular complexity index is 250. The molecule has 4 nitrogen and oxygen atoms in total. The summed E-state index contributed by atoms with van der Waals surface area (Å²) in [4.78, 5) is 0. The van der Waals surface area contributed by atoms with E-state index in [9.17, 15) is 0 Å². The van der Waals surface area contributed by atoms with Crippen molar-refractivity contribution < 1.29 is 14.2 Å². The van der Waals surface area contributed by atoms with Gasteiger partial charge in [-0.3, -0.25) is 0 Å². The molecule has 0 aromatic carbocycles. The van der Waals surface area contributed by atoms with E-state index in [4.69, 9.17) is 14.2 Å². The summed E-state index contributed by atoms with van der Waals surface area (Å²) < 4.78 is 18.1. The maximum Gasteiger partial charge on any atom is 0.101 e. The minimum Gasteiger partial charge on any atom is -0.380 e. The van der Waals surface area contributed by atoms with Crippen molar-refractivity contribution in [1.29, 1.82) is 0 Å². The van der Waals surface area contributed by atoms with Crippen LogP contribution in [0.4, 0.5) is 0 Å². The first kappa shape index (κ1) is 19.9. The minimum absolute atomic E-state index is 0.124. The number of piperidine rings is 1. The molecular formula is C18H37NO3. The average molecular weight is 315 g/mol. The normalized spacial score (nSPS) is 25.5. The number of hydrogen-bond acceptors (Lipinski definition) is 4. The van der Waals surface area contributed by atoms with Gasteiger partial charge in [0.2, 0.25) is 0 Å². The van der Waals surface area contributed by atoms with Crippen molar-refractivity contribution in [3.8, 4) is 0 Å². The first-order chi connectivity index (χ1) is 10.8. The quantitative estimate of drug-likeness (QED) is 0.528. The van der Waals surface area contributed by atoms with Crippen molar-refractivity contribution in [1.82, 2.24) is 5.32 Å². The monoisotopic (exact) mass is 315 g/mol.